The Bertz CT molecular complexity index is 1070. The Morgan fingerprint density at radius 2 is 1.97 bits per heavy atom. The van der Waals surface area contributed by atoms with Crippen LogP contribution >= 0.6 is 0 Å². The van der Waals surface area contributed by atoms with Crippen LogP contribution in [0.2, 0.25) is 0 Å². The molecule has 3 rings (SSSR count). The van der Waals surface area contributed by atoms with Crippen molar-refractivity contribution in [3.05, 3.63) is 58.7 Å². The number of amides is 1. The topological polar surface area (TPSA) is 72.2 Å². The summed E-state index contributed by atoms with van der Waals surface area (Å²) in [6.07, 6.45) is -1.82. The average Bonchev–Trinajstić information content (AvgIpc) is 3.15. The molecule has 0 radical (unpaired) electrons. The van der Waals surface area contributed by atoms with E-state index in [1.165, 1.54) is 12.4 Å². The van der Waals surface area contributed by atoms with Crippen LogP contribution in [0.15, 0.2) is 30.6 Å². The molecule has 166 valence electrons. The zero-order valence-corrected chi connectivity index (χ0v) is 18.0. The summed E-state index contributed by atoms with van der Waals surface area (Å²) in [4.78, 5) is 21.2. The third-order valence-corrected chi connectivity index (χ3v) is 5.25. The number of nitrogens with one attached hydrogen (secondary N) is 1. The van der Waals surface area contributed by atoms with Crippen molar-refractivity contribution in [1.82, 2.24) is 24.9 Å². The third-order valence-electron chi connectivity index (χ3n) is 5.25. The Kier molecular flexibility index (Phi) is 6.62. The highest BCUT2D eigenvalue weighted by atomic mass is 19.4. The number of hydrogen-bond donors (Lipinski definition) is 1. The number of carbonyl (C=O) groups excluding carboxylic acids is 1. The van der Waals surface area contributed by atoms with Crippen molar-refractivity contribution in [2.24, 2.45) is 5.92 Å². The number of hydrogen-bond acceptors (Lipinski definition) is 4. The van der Waals surface area contributed by atoms with E-state index in [1.54, 1.807) is 10.6 Å². The van der Waals surface area contributed by atoms with E-state index in [4.69, 9.17) is 0 Å². The summed E-state index contributed by atoms with van der Waals surface area (Å²) < 4.78 is 41.0. The lowest BCUT2D eigenvalue weighted by molar-refractivity contribution is -0.137. The van der Waals surface area contributed by atoms with Crippen molar-refractivity contribution < 1.29 is 18.0 Å². The van der Waals surface area contributed by atoms with Gasteiger partial charge in [0.2, 0.25) is 5.91 Å². The predicted molar refractivity (Wildman–Crippen MR) is 110 cm³/mol. The normalized spacial score (nSPS) is 13.0. The van der Waals surface area contributed by atoms with Gasteiger partial charge >= 0.3 is 6.18 Å². The summed E-state index contributed by atoms with van der Waals surface area (Å²) in [7, 11) is 0. The fourth-order valence-corrected chi connectivity index (χ4v) is 3.70. The van der Waals surface area contributed by atoms with E-state index in [0.717, 1.165) is 29.1 Å². The molecule has 1 amide bonds. The molecule has 1 unspecified atom stereocenters. The Morgan fingerprint density at radius 3 is 2.65 bits per heavy atom. The Hall–Kier alpha value is -2.97. The molecule has 0 spiro atoms. The van der Waals surface area contributed by atoms with E-state index in [-0.39, 0.29) is 18.2 Å². The molecular weight excluding hydrogens is 407 g/mol. The lowest BCUT2D eigenvalue weighted by Crippen LogP contribution is -2.30. The van der Waals surface area contributed by atoms with Crippen LogP contribution in [0.25, 0.3) is 5.78 Å². The van der Waals surface area contributed by atoms with Crippen LogP contribution < -0.4 is 5.32 Å². The third kappa shape index (κ3) is 5.39. The van der Waals surface area contributed by atoms with Gasteiger partial charge in [-0.2, -0.15) is 23.3 Å². The van der Waals surface area contributed by atoms with Crippen molar-refractivity contribution in [2.45, 2.75) is 59.2 Å². The molecule has 0 saturated heterocycles. The number of rotatable bonds is 7. The maximum Gasteiger partial charge on any atom is 0.416 e. The van der Waals surface area contributed by atoms with Gasteiger partial charge in [0.15, 0.2) is 0 Å². The number of aromatic nitrogens is 4. The zero-order chi connectivity index (χ0) is 22.8. The summed E-state index contributed by atoms with van der Waals surface area (Å²) in [5.41, 5.74) is 2.29. The highest BCUT2D eigenvalue weighted by molar-refractivity contribution is 5.76. The molecule has 2 heterocycles. The number of benzene rings is 1. The average molecular weight is 433 g/mol. The fraction of sp³-hybridized carbons (Fsp3) is 0.455. The van der Waals surface area contributed by atoms with E-state index in [0.29, 0.717) is 24.2 Å². The first-order valence-corrected chi connectivity index (χ1v) is 10.2. The highest BCUT2D eigenvalue weighted by Gasteiger charge is 2.31. The van der Waals surface area contributed by atoms with Gasteiger partial charge in [0.05, 0.1) is 11.6 Å². The van der Waals surface area contributed by atoms with Gasteiger partial charge in [-0.15, -0.1) is 0 Å². The van der Waals surface area contributed by atoms with Crippen molar-refractivity contribution >= 4 is 11.7 Å². The molecule has 1 N–H and O–H groups in total. The summed E-state index contributed by atoms with van der Waals surface area (Å²) in [6, 6.07) is 4.66. The zero-order valence-electron chi connectivity index (χ0n) is 18.0. The molecule has 1 atom stereocenters. The Balaban J connectivity index is 1.75. The van der Waals surface area contributed by atoms with Crippen LogP contribution in [0, 0.1) is 19.8 Å². The second-order valence-electron chi connectivity index (χ2n) is 8.11. The van der Waals surface area contributed by atoms with Crippen LogP contribution in [0.5, 0.6) is 0 Å². The van der Waals surface area contributed by atoms with Gasteiger partial charge in [-0.3, -0.25) is 4.79 Å². The maximum absolute atomic E-state index is 13.1. The van der Waals surface area contributed by atoms with Gasteiger partial charge in [0.1, 0.15) is 6.33 Å². The number of nitrogens with zero attached hydrogens (tertiary/aromatic N) is 4. The van der Waals surface area contributed by atoms with E-state index < -0.39 is 17.8 Å². The first-order valence-electron chi connectivity index (χ1n) is 10.2. The van der Waals surface area contributed by atoms with Crippen LogP contribution in [-0.2, 0) is 17.4 Å². The van der Waals surface area contributed by atoms with Gasteiger partial charge in [0, 0.05) is 17.8 Å². The lowest BCUT2D eigenvalue weighted by Gasteiger charge is -2.22. The first-order chi connectivity index (χ1) is 14.6. The maximum atomic E-state index is 13.1. The molecular formula is C22H26F3N5O. The van der Waals surface area contributed by atoms with Crippen molar-refractivity contribution in [3.8, 4) is 0 Å². The van der Waals surface area contributed by atoms with E-state index >= 15 is 0 Å². The minimum atomic E-state index is -4.43. The molecule has 9 heteroatoms. The molecule has 0 aliphatic heterocycles. The standard InChI is InChI=1S/C22H26F3N5O/c1-13(2)10-19(16-6-5-7-17(11-16)22(23,24)25)29-20(31)9-8-18-14(3)28-21-26-12-27-30(21)15(18)4/h5-7,11-13,19H,8-10H2,1-4H3,(H,29,31). The quantitative estimate of drug-likeness (QED) is 0.591. The first kappa shape index (κ1) is 22.7. The smallest absolute Gasteiger partial charge is 0.349 e. The minimum absolute atomic E-state index is 0.192. The fourth-order valence-electron chi connectivity index (χ4n) is 3.70. The summed E-state index contributed by atoms with van der Waals surface area (Å²) >= 11 is 0. The second-order valence-corrected chi connectivity index (χ2v) is 8.11. The van der Waals surface area contributed by atoms with Gasteiger partial charge < -0.3 is 5.32 Å². The van der Waals surface area contributed by atoms with Gasteiger partial charge in [-0.05, 0) is 55.9 Å². The minimum Gasteiger partial charge on any atom is -0.349 e. The van der Waals surface area contributed by atoms with Crippen molar-refractivity contribution in [3.63, 3.8) is 0 Å². The SMILES string of the molecule is Cc1nc2ncnn2c(C)c1CCC(=O)NC(CC(C)C)c1cccc(C(F)(F)F)c1. The summed E-state index contributed by atoms with van der Waals surface area (Å²) in [6.45, 7) is 7.70. The van der Waals surface area contributed by atoms with Crippen LogP contribution in [0.1, 0.15) is 60.8 Å². The van der Waals surface area contributed by atoms with Crippen molar-refractivity contribution in [2.75, 3.05) is 0 Å². The number of fused-ring (bicyclic) bond motifs is 1. The molecule has 6 nitrogen and oxygen atoms in total. The molecule has 1 aromatic carbocycles. The number of carbonyl (C=O) groups is 1. The molecule has 3 aromatic rings. The molecule has 0 aliphatic rings. The summed E-state index contributed by atoms with van der Waals surface area (Å²) in [5, 5.41) is 7.07. The Morgan fingerprint density at radius 1 is 1.23 bits per heavy atom. The monoisotopic (exact) mass is 433 g/mol. The van der Waals surface area contributed by atoms with Crippen LogP contribution in [0.3, 0.4) is 0 Å². The van der Waals surface area contributed by atoms with E-state index in [9.17, 15) is 18.0 Å². The van der Waals surface area contributed by atoms with Crippen LogP contribution in [-0.4, -0.2) is 25.5 Å². The number of alkyl halides is 3. The second kappa shape index (κ2) is 9.03. The molecule has 0 fully saturated rings. The Labute approximate surface area is 178 Å². The van der Waals surface area contributed by atoms with Crippen LogP contribution in [0.4, 0.5) is 13.2 Å². The lowest BCUT2D eigenvalue weighted by atomic mass is 9.95. The van der Waals surface area contributed by atoms with Gasteiger partial charge in [-0.1, -0.05) is 26.0 Å². The molecule has 0 aliphatic carbocycles. The number of aryl methyl sites for hydroxylation is 2. The van der Waals surface area contributed by atoms with E-state index in [1.807, 2.05) is 27.7 Å². The number of halogens is 3. The predicted octanol–water partition coefficient (Wildman–Crippen LogP) is 4.60. The largest absolute Gasteiger partial charge is 0.416 e. The molecule has 0 bridgehead atoms. The molecule has 2 aromatic heterocycles. The van der Waals surface area contributed by atoms with Crippen molar-refractivity contribution in [1.29, 1.82) is 0 Å². The van der Waals surface area contributed by atoms with E-state index in [2.05, 4.69) is 20.4 Å². The summed E-state index contributed by atoms with van der Waals surface area (Å²) in [5.74, 6) is 0.480. The highest BCUT2D eigenvalue weighted by Crippen LogP contribution is 2.32. The molecule has 31 heavy (non-hydrogen) atoms. The van der Waals surface area contributed by atoms with Gasteiger partial charge in [0.25, 0.3) is 5.78 Å². The molecule has 0 saturated carbocycles. The van der Waals surface area contributed by atoms with Gasteiger partial charge in [-0.25, -0.2) is 9.50 Å².